The van der Waals surface area contributed by atoms with Crippen molar-refractivity contribution < 1.29 is 26.3 Å². The fraction of sp³-hybridized carbons (Fsp3) is 0.310. The van der Waals surface area contributed by atoms with Gasteiger partial charge in [-0.05, 0) is 48.6 Å². The maximum Gasteiger partial charge on any atom is 0.417 e. The van der Waals surface area contributed by atoms with Gasteiger partial charge in [0.25, 0.3) is 0 Å². The molecule has 3 aromatic rings. The molecule has 1 aliphatic carbocycles. The molecule has 1 aliphatic heterocycles. The first kappa shape index (κ1) is 26.9. The van der Waals surface area contributed by atoms with Gasteiger partial charge >= 0.3 is 6.18 Å². The van der Waals surface area contributed by atoms with Crippen LogP contribution in [-0.2, 0) is 26.2 Å². The average molecular weight is 554 g/mol. The van der Waals surface area contributed by atoms with Gasteiger partial charge in [0.2, 0.25) is 0 Å². The molecule has 6 nitrogen and oxygen atoms in total. The van der Waals surface area contributed by atoms with E-state index in [4.69, 9.17) is 4.74 Å². The van der Waals surface area contributed by atoms with Gasteiger partial charge in [-0.1, -0.05) is 48.6 Å². The second-order valence-electron chi connectivity index (χ2n) is 9.87. The van der Waals surface area contributed by atoms with E-state index in [1.54, 1.807) is 35.0 Å². The van der Waals surface area contributed by atoms with Crippen molar-refractivity contribution in [1.82, 2.24) is 9.55 Å². The van der Waals surface area contributed by atoms with Crippen LogP contribution >= 0.6 is 0 Å². The second kappa shape index (κ2) is 10.1. The maximum absolute atomic E-state index is 14.0. The first-order chi connectivity index (χ1) is 18.5. The van der Waals surface area contributed by atoms with E-state index in [0.29, 0.717) is 43.9 Å². The first-order valence-electron chi connectivity index (χ1n) is 12.4. The predicted octanol–water partition coefficient (Wildman–Crippen LogP) is 5.89. The lowest BCUT2D eigenvalue weighted by molar-refractivity contribution is -0.137. The van der Waals surface area contributed by atoms with Crippen molar-refractivity contribution in [3.05, 3.63) is 89.8 Å². The number of ether oxygens (including phenoxy) is 1. The third kappa shape index (κ3) is 5.29. The zero-order valence-electron chi connectivity index (χ0n) is 21.1. The van der Waals surface area contributed by atoms with Gasteiger partial charge in [0.05, 0.1) is 22.6 Å². The van der Waals surface area contributed by atoms with Crippen molar-refractivity contribution in [2.24, 2.45) is 0 Å². The molecule has 2 aliphatic rings. The summed E-state index contributed by atoms with van der Waals surface area (Å²) in [4.78, 5) is 4.64. The van der Waals surface area contributed by atoms with E-state index in [2.05, 4.69) is 11.1 Å². The Labute approximate surface area is 225 Å². The molecule has 1 fully saturated rings. The Hall–Kier alpha value is -3.68. The highest BCUT2D eigenvalue weighted by atomic mass is 32.2. The summed E-state index contributed by atoms with van der Waals surface area (Å²) in [6, 6.07) is 14.8. The van der Waals surface area contributed by atoms with Crippen molar-refractivity contribution >= 4 is 15.4 Å². The standard InChI is InChI=1S/C29H26F3N3O3S/c1-39(36,37)23-6-4-5-21(17-23)20-9-11-22(12-10-20)35-18-26(28(19-33)13-15-38-16-14-28)34-27(35)24-7-2-3-8-25(24)29(30,31)32/h2-12,18,23H,13-17H2,1H3. The number of hydrogen-bond donors (Lipinski definition) is 0. The minimum absolute atomic E-state index is 0.0865. The zero-order chi connectivity index (χ0) is 27.8. The van der Waals surface area contributed by atoms with Gasteiger partial charge in [-0.2, -0.15) is 18.4 Å². The number of sulfone groups is 1. The largest absolute Gasteiger partial charge is 0.417 e. The smallest absolute Gasteiger partial charge is 0.381 e. The minimum atomic E-state index is -4.60. The first-order valence-corrected chi connectivity index (χ1v) is 14.4. The Morgan fingerprint density at radius 3 is 2.44 bits per heavy atom. The molecule has 5 rings (SSSR count). The zero-order valence-corrected chi connectivity index (χ0v) is 22.0. The van der Waals surface area contributed by atoms with E-state index in [1.807, 2.05) is 18.2 Å². The average Bonchev–Trinajstić information content (AvgIpc) is 3.39. The van der Waals surface area contributed by atoms with Crippen LogP contribution in [0, 0.1) is 11.3 Å². The molecule has 202 valence electrons. The molecule has 0 bridgehead atoms. The minimum Gasteiger partial charge on any atom is -0.381 e. The van der Waals surface area contributed by atoms with Crippen molar-refractivity contribution in [3.63, 3.8) is 0 Å². The SMILES string of the molecule is CS(=O)(=O)C1C=CC=C(c2ccc(-n3cc(C4(C#N)CCOCC4)nc3-c3ccccc3C(F)(F)F)cc2)C1. The van der Waals surface area contributed by atoms with Gasteiger partial charge in [0.15, 0.2) is 9.84 Å². The van der Waals surface area contributed by atoms with Crippen LogP contribution in [-0.4, -0.2) is 42.7 Å². The fourth-order valence-corrected chi connectivity index (χ4v) is 5.92. The number of aromatic nitrogens is 2. The van der Waals surface area contributed by atoms with Crippen LogP contribution in [0.1, 0.15) is 36.1 Å². The molecular formula is C29H26F3N3O3S. The lowest BCUT2D eigenvalue weighted by Crippen LogP contribution is -2.32. The van der Waals surface area contributed by atoms with Gasteiger partial charge in [0.1, 0.15) is 11.2 Å². The van der Waals surface area contributed by atoms with Gasteiger partial charge in [-0.25, -0.2) is 13.4 Å². The summed E-state index contributed by atoms with van der Waals surface area (Å²) in [7, 11) is -3.25. The van der Waals surface area contributed by atoms with Gasteiger partial charge in [0, 0.05) is 36.9 Å². The highest BCUT2D eigenvalue weighted by Gasteiger charge is 2.39. The Kier molecular flexibility index (Phi) is 6.99. The fourth-order valence-electron chi connectivity index (χ4n) is 5.06. The molecule has 0 saturated carbocycles. The Morgan fingerprint density at radius 2 is 1.79 bits per heavy atom. The molecule has 1 saturated heterocycles. The van der Waals surface area contributed by atoms with Crippen LogP contribution in [0.25, 0.3) is 22.6 Å². The molecule has 0 N–H and O–H groups in total. The molecular weight excluding hydrogens is 527 g/mol. The van der Waals surface area contributed by atoms with E-state index >= 15 is 0 Å². The van der Waals surface area contributed by atoms with E-state index in [9.17, 15) is 26.9 Å². The number of rotatable bonds is 5. The number of alkyl halides is 3. The highest BCUT2D eigenvalue weighted by molar-refractivity contribution is 7.91. The van der Waals surface area contributed by atoms with Crippen LogP contribution < -0.4 is 0 Å². The van der Waals surface area contributed by atoms with Crippen LogP contribution in [0.15, 0.2) is 73.0 Å². The van der Waals surface area contributed by atoms with Crippen molar-refractivity contribution in [3.8, 4) is 23.1 Å². The van der Waals surface area contributed by atoms with Crippen molar-refractivity contribution in [2.75, 3.05) is 19.5 Å². The van der Waals surface area contributed by atoms with E-state index in [-0.39, 0.29) is 11.4 Å². The van der Waals surface area contributed by atoms with E-state index in [0.717, 1.165) is 17.2 Å². The topological polar surface area (TPSA) is 85.0 Å². The summed E-state index contributed by atoms with van der Waals surface area (Å²) in [5, 5.41) is 9.48. The number of benzene rings is 2. The normalized spacial score (nSPS) is 19.4. The lowest BCUT2D eigenvalue weighted by atomic mass is 9.79. The van der Waals surface area contributed by atoms with Gasteiger partial charge < -0.3 is 4.74 Å². The maximum atomic E-state index is 14.0. The van der Waals surface area contributed by atoms with Crippen LogP contribution in [0.4, 0.5) is 13.2 Å². The number of nitriles is 1. The molecule has 10 heteroatoms. The molecule has 1 atom stereocenters. The number of allylic oxidation sites excluding steroid dienone is 3. The van der Waals surface area contributed by atoms with E-state index in [1.165, 1.54) is 24.5 Å². The number of nitrogens with zero attached hydrogens (tertiary/aromatic N) is 3. The van der Waals surface area contributed by atoms with Gasteiger partial charge in [-0.15, -0.1) is 0 Å². The summed E-state index contributed by atoms with van der Waals surface area (Å²) in [5.41, 5.74) is 0.759. The number of halogens is 3. The molecule has 1 unspecified atom stereocenters. The van der Waals surface area contributed by atoms with Gasteiger partial charge in [-0.3, -0.25) is 4.57 Å². The number of imidazole rings is 1. The molecule has 0 radical (unpaired) electrons. The molecule has 39 heavy (non-hydrogen) atoms. The van der Waals surface area contributed by atoms with Crippen molar-refractivity contribution in [2.45, 2.75) is 36.1 Å². The quantitative estimate of drug-likeness (QED) is 0.394. The Bertz CT molecular complexity index is 1590. The van der Waals surface area contributed by atoms with Crippen LogP contribution in [0.5, 0.6) is 0 Å². The summed E-state index contributed by atoms with van der Waals surface area (Å²) in [5.74, 6) is 0.0868. The molecule has 0 spiro atoms. The summed E-state index contributed by atoms with van der Waals surface area (Å²) < 4.78 is 73.1. The molecule has 2 heterocycles. The Morgan fingerprint density at radius 1 is 1.10 bits per heavy atom. The van der Waals surface area contributed by atoms with Crippen LogP contribution in [0.2, 0.25) is 0 Å². The number of hydrogen-bond acceptors (Lipinski definition) is 5. The molecule has 2 aromatic carbocycles. The summed E-state index contributed by atoms with van der Waals surface area (Å²) >= 11 is 0. The third-order valence-corrected chi connectivity index (χ3v) is 8.76. The highest BCUT2D eigenvalue weighted by Crippen LogP contribution is 2.40. The third-order valence-electron chi connectivity index (χ3n) is 7.34. The lowest BCUT2D eigenvalue weighted by Gasteiger charge is -2.28. The molecule has 0 amide bonds. The summed E-state index contributed by atoms with van der Waals surface area (Å²) in [6.45, 7) is 0.725. The van der Waals surface area contributed by atoms with Crippen molar-refractivity contribution in [1.29, 1.82) is 5.26 Å². The monoisotopic (exact) mass is 553 g/mol. The van der Waals surface area contributed by atoms with E-state index < -0.39 is 32.2 Å². The van der Waals surface area contributed by atoms with Crippen LogP contribution in [0.3, 0.4) is 0 Å². The molecule has 1 aromatic heterocycles. The Balaban J connectivity index is 1.60. The second-order valence-corrected chi connectivity index (χ2v) is 12.1. The summed E-state index contributed by atoms with van der Waals surface area (Å²) in [6.07, 6.45) is 4.62. The predicted molar refractivity (Wildman–Crippen MR) is 142 cm³/mol.